The minimum Gasteiger partial charge on any atom is -0.486 e. The van der Waals surface area contributed by atoms with Crippen LogP contribution in [-0.2, 0) is 18.1 Å². The topological polar surface area (TPSA) is 88.4 Å². The van der Waals surface area contributed by atoms with Crippen molar-refractivity contribution in [2.75, 3.05) is 13.7 Å². The van der Waals surface area contributed by atoms with Crippen LogP contribution in [0.3, 0.4) is 0 Å². The summed E-state index contributed by atoms with van der Waals surface area (Å²) in [7, 11) is 0.329. The third-order valence-corrected chi connectivity index (χ3v) is 7.36. The minimum atomic E-state index is -1.17. The number of hydrogen-bond acceptors (Lipinski definition) is 7. The molecule has 182 valence electrons. The van der Waals surface area contributed by atoms with Crippen molar-refractivity contribution >= 4 is 25.1 Å². The number of pyridine rings is 2. The zero-order valence-corrected chi connectivity index (χ0v) is 21.5. The summed E-state index contributed by atoms with van der Waals surface area (Å²) in [5.74, 6) is 0.730. The number of carbonyl (C=O) groups is 1. The normalized spacial score (nSPS) is 11.5. The van der Waals surface area contributed by atoms with E-state index in [0.717, 1.165) is 40.1 Å². The van der Waals surface area contributed by atoms with Crippen molar-refractivity contribution in [1.82, 2.24) is 19.7 Å². The number of nitrogens with zero attached hydrogens (tertiary/aromatic N) is 4. The van der Waals surface area contributed by atoms with Crippen LogP contribution < -0.4 is 9.47 Å². The number of methoxy groups -OCH3 is 1. The molecule has 0 saturated heterocycles. The molecule has 3 heterocycles. The summed E-state index contributed by atoms with van der Waals surface area (Å²) in [4.78, 5) is 20.5. The molecule has 0 bridgehead atoms. The Labute approximate surface area is 205 Å². The maximum Gasteiger partial charge on any atom is 0.213 e. The molecular formula is C26H30N4O4Si. The van der Waals surface area contributed by atoms with E-state index in [4.69, 9.17) is 19.2 Å². The lowest BCUT2D eigenvalue weighted by Crippen LogP contribution is -2.22. The molecule has 0 fully saturated rings. The highest BCUT2D eigenvalue weighted by Gasteiger charge is 2.18. The van der Waals surface area contributed by atoms with Gasteiger partial charge in [-0.2, -0.15) is 5.10 Å². The van der Waals surface area contributed by atoms with Crippen LogP contribution in [0.4, 0.5) is 0 Å². The summed E-state index contributed by atoms with van der Waals surface area (Å²) in [5, 5.41) is 6.47. The Morgan fingerprint density at radius 3 is 2.69 bits per heavy atom. The lowest BCUT2D eigenvalue weighted by atomic mass is 10.0. The van der Waals surface area contributed by atoms with Crippen molar-refractivity contribution in [2.24, 2.45) is 0 Å². The van der Waals surface area contributed by atoms with E-state index in [1.807, 2.05) is 41.2 Å². The molecule has 1 aromatic carbocycles. The molecule has 0 spiro atoms. The molecule has 0 amide bonds. The summed E-state index contributed by atoms with van der Waals surface area (Å²) < 4.78 is 19.0. The number of rotatable bonds is 11. The highest BCUT2D eigenvalue weighted by atomic mass is 28.3. The van der Waals surface area contributed by atoms with Gasteiger partial charge < -0.3 is 14.2 Å². The van der Waals surface area contributed by atoms with Crippen LogP contribution in [0.5, 0.6) is 11.6 Å². The van der Waals surface area contributed by atoms with Crippen molar-refractivity contribution in [3.63, 3.8) is 0 Å². The molecule has 0 atom stereocenters. The van der Waals surface area contributed by atoms with Gasteiger partial charge in [0.2, 0.25) is 5.88 Å². The van der Waals surface area contributed by atoms with Crippen LogP contribution >= 0.6 is 0 Å². The molecule has 9 heteroatoms. The van der Waals surface area contributed by atoms with Gasteiger partial charge in [-0.25, -0.2) is 9.67 Å². The number of aromatic nitrogens is 4. The van der Waals surface area contributed by atoms with Gasteiger partial charge in [-0.05, 0) is 17.5 Å². The van der Waals surface area contributed by atoms with Crippen LogP contribution in [0.2, 0.25) is 25.7 Å². The molecule has 0 aliphatic carbocycles. The molecule has 3 aromatic heterocycles. The summed E-state index contributed by atoms with van der Waals surface area (Å²) in [6, 6.07) is 12.6. The first-order valence-corrected chi connectivity index (χ1v) is 15.2. The second-order valence-corrected chi connectivity index (χ2v) is 15.0. The van der Waals surface area contributed by atoms with Gasteiger partial charge in [-0.3, -0.25) is 9.78 Å². The average molecular weight is 491 g/mol. The predicted octanol–water partition coefficient (Wildman–Crippen LogP) is 5.21. The summed E-state index contributed by atoms with van der Waals surface area (Å²) in [6.07, 6.45) is 5.83. The monoisotopic (exact) mass is 490 g/mol. The van der Waals surface area contributed by atoms with E-state index in [9.17, 15) is 4.79 Å². The Bertz CT molecular complexity index is 1320. The minimum absolute atomic E-state index is 0.195. The van der Waals surface area contributed by atoms with Crippen LogP contribution in [-0.4, -0.2) is 47.8 Å². The van der Waals surface area contributed by atoms with Crippen molar-refractivity contribution < 1.29 is 19.0 Å². The van der Waals surface area contributed by atoms with Crippen LogP contribution in [0, 0.1) is 0 Å². The molecule has 35 heavy (non-hydrogen) atoms. The third kappa shape index (κ3) is 5.93. The second kappa shape index (κ2) is 10.8. The Morgan fingerprint density at radius 2 is 1.91 bits per heavy atom. The van der Waals surface area contributed by atoms with Gasteiger partial charge in [0.25, 0.3) is 0 Å². The Balaban J connectivity index is 1.65. The summed E-state index contributed by atoms with van der Waals surface area (Å²) >= 11 is 0. The highest BCUT2D eigenvalue weighted by Crippen LogP contribution is 2.30. The molecule has 0 N–H and O–H groups in total. The van der Waals surface area contributed by atoms with E-state index in [0.29, 0.717) is 30.5 Å². The first-order valence-electron chi connectivity index (χ1n) is 11.5. The smallest absolute Gasteiger partial charge is 0.213 e. The number of benzene rings is 1. The van der Waals surface area contributed by atoms with Crippen molar-refractivity contribution in [3.8, 4) is 23.0 Å². The lowest BCUT2D eigenvalue weighted by Gasteiger charge is -2.17. The zero-order valence-electron chi connectivity index (χ0n) is 20.5. The SMILES string of the molecule is COc1cc(C=O)c(OCc2c(-c3ccnn3COCC[Si](C)(C)C)ncc3ccccc23)cn1. The summed E-state index contributed by atoms with van der Waals surface area (Å²) in [6.45, 7) is 8.23. The molecular weight excluding hydrogens is 460 g/mol. The van der Waals surface area contributed by atoms with E-state index in [2.05, 4.69) is 29.7 Å². The second-order valence-electron chi connectivity index (χ2n) is 9.41. The standard InChI is InChI=1S/C26H30N4O4Si/c1-32-25-13-20(16-31)24(15-27-25)34-17-22-21-8-6-5-7-19(21)14-28-26(22)23-9-10-29-30(23)18-33-11-12-35(2,3)4/h5-10,13-16H,11-12,17-18H2,1-4H3. The van der Waals surface area contributed by atoms with Crippen molar-refractivity contribution in [1.29, 1.82) is 0 Å². The number of aldehydes is 1. The van der Waals surface area contributed by atoms with E-state index in [1.165, 1.54) is 13.3 Å². The van der Waals surface area contributed by atoms with Gasteiger partial charge in [-0.1, -0.05) is 43.9 Å². The largest absolute Gasteiger partial charge is 0.486 e. The maximum atomic E-state index is 11.6. The van der Waals surface area contributed by atoms with Gasteiger partial charge in [0.15, 0.2) is 6.29 Å². The third-order valence-electron chi connectivity index (χ3n) is 5.65. The first kappa shape index (κ1) is 24.6. The molecule has 0 aliphatic heterocycles. The van der Waals surface area contributed by atoms with Crippen molar-refractivity contribution in [3.05, 3.63) is 66.1 Å². The van der Waals surface area contributed by atoms with Crippen LogP contribution in [0.25, 0.3) is 22.2 Å². The van der Waals surface area contributed by atoms with E-state index in [-0.39, 0.29) is 6.61 Å². The number of fused-ring (bicyclic) bond motifs is 1. The Hall–Kier alpha value is -3.56. The molecule has 0 unspecified atom stereocenters. The fourth-order valence-electron chi connectivity index (χ4n) is 3.67. The fraction of sp³-hybridized carbons (Fsp3) is 0.308. The maximum absolute atomic E-state index is 11.6. The van der Waals surface area contributed by atoms with E-state index >= 15 is 0 Å². The zero-order chi connectivity index (χ0) is 24.8. The summed E-state index contributed by atoms with van der Waals surface area (Å²) in [5.41, 5.74) is 2.85. The van der Waals surface area contributed by atoms with Crippen LogP contribution in [0.15, 0.2) is 55.0 Å². The average Bonchev–Trinajstić information content (AvgIpc) is 3.32. The molecule has 0 aliphatic rings. The van der Waals surface area contributed by atoms with Crippen molar-refractivity contribution in [2.45, 2.75) is 39.0 Å². The Kier molecular flexibility index (Phi) is 7.57. The number of ether oxygens (including phenoxy) is 3. The van der Waals surface area contributed by atoms with Gasteiger partial charge >= 0.3 is 0 Å². The fourth-order valence-corrected chi connectivity index (χ4v) is 4.43. The number of carbonyl (C=O) groups excluding carboxylic acids is 1. The van der Waals surface area contributed by atoms with Gasteiger partial charge in [0.1, 0.15) is 19.1 Å². The Morgan fingerprint density at radius 1 is 1.09 bits per heavy atom. The highest BCUT2D eigenvalue weighted by molar-refractivity contribution is 6.76. The lowest BCUT2D eigenvalue weighted by molar-refractivity contribution is 0.0797. The van der Waals surface area contributed by atoms with Gasteiger partial charge in [-0.15, -0.1) is 0 Å². The quantitative estimate of drug-likeness (QED) is 0.162. The molecule has 0 radical (unpaired) electrons. The first-order chi connectivity index (χ1) is 16.9. The molecule has 0 saturated carbocycles. The van der Waals surface area contributed by atoms with E-state index in [1.54, 1.807) is 12.3 Å². The van der Waals surface area contributed by atoms with Gasteiger partial charge in [0, 0.05) is 44.1 Å². The predicted molar refractivity (Wildman–Crippen MR) is 138 cm³/mol. The molecule has 8 nitrogen and oxygen atoms in total. The number of hydrogen-bond donors (Lipinski definition) is 0. The van der Waals surface area contributed by atoms with Gasteiger partial charge in [0.05, 0.1) is 30.3 Å². The molecule has 4 aromatic rings. The van der Waals surface area contributed by atoms with Crippen LogP contribution in [0.1, 0.15) is 15.9 Å². The molecule has 4 rings (SSSR count). The van der Waals surface area contributed by atoms with E-state index < -0.39 is 8.07 Å².